The number of anilines is 1. The summed E-state index contributed by atoms with van der Waals surface area (Å²) in [6.45, 7) is 1.85. The van der Waals surface area contributed by atoms with Crippen LogP contribution in [0, 0.1) is 17.8 Å². The molecule has 5 rings (SSSR count). The van der Waals surface area contributed by atoms with Gasteiger partial charge in [-0.15, -0.1) is 0 Å². The van der Waals surface area contributed by atoms with Crippen molar-refractivity contribution in [2.75, 3.05) is 12.4 Å². The number of methoxy groups -OCH3 is 1. The Labute approximate surface area is 165 Å². The molecule has 1 amide bonds. The highest BCUT2D eigenvalue weighted by molar-refractivity contribution is 5.86. The third kappa shape index (κ3) is 4.03. The van der Waals surface area contributed by atoms with Crippen LogP contribution in [0.25, 0.3) is 6.08 Å². The minimum atomic E-state index is -0.445. The Morgan fingerprint density at radius 1 is 1.14 bits per heavy atom. The molecule has 0 unspecified atom stereocenters. The molecular weight excluding hydrogens is 356 g/mol. The van der Waals surface area contributed by atoms with Gasteiger partial charge in [-0.3, -0.25) is 9.78 Å². The van der Waals surface area contributed by atoms with Crippen molar-refractivity contribution in [2.24, 2.45) is 17.8 Å². The molecule has 1 heterocycles. The molecule has 7 nitrogen and oxygen atoms in total. The zero-order chi connectivity index (χ0) is 19.7. The van der Waals surface area contributed by atoms with Crippen LogP contribution >= 0.6 is 0 Å². The summed E-state index contributed by atoms with van der Waals surface area (Å²) >= 11 is 0. The zero-order valence-corrected chi connectivity index (χ0v) is 16.5. The minimum Gasteiger partial charge on any atom is -0.466 e. The molecule has 4 bridgehead atoms. The number of ether oxygens (including phenoxy) is 1. The lowest BCUT2D eigenvalue weighted by atomic mass is 9.53. The Balaban J connectivity index is 1.33. The highest BCUT2D eigenvalue weighted by Crippen LogP contribution is 2.55. The van der Waals surface area contributed by atoms with Gasteiger partial charge in [0.1, 0.15) is 11.9 Å². The lowest BCUT2D eigenvalue weighted by Crippen LogP contribution is -2.61. The van der Waals surface area contributed by atoms with Crippen LogP contribution in [0.4, 0.5) is 5.82 Å². The van der Waals surface area contributed by atoms with Crippen LogP contribution in [0.1, 0.15) is 51.1 Å². The van der Waals surface area contributed by atoms with Crippen molar-refractivity contribution in [3.8, 4) is 0 Å². The molecule has 1 aromatic heterocycles. The molecule has 4 aliphatic carbocycles. The molecule has 0 radical (unpaired) electrons. The minimum absolute atomic E-state index is 0.00991. The molecule has 1 atom stereocenters. The van der Waals surface area contributed by atoms with Gasteiger partial charge in [-0.2, -0.15) is 0 Å². The van der Waals surface area contributed by atoms with Gasteiger partial charge in [0.25, 0.3) is 0 Å². The van der Waals surface area contributed by atoms with Gasteiger partial charge in [-0.05, 0) is 69.3 Å². The highest BCUT2D eigenvalue weighted by atomic mass is 16.5. The van der Waals surface area contributed by atoms with E-state index in [4.69, 9.17) is 0 Å². The molecule has 2 N–H and O–H groups in total. The first-order chi connectivity index (χ1) is 13.4. The molecule has 0 aromatic carbocycles. The second-order valence-corrected chi connectivity index (χ2v) is 8.74. The molecule has 4 saturated carbocycles. The van der Waals surface area contributed by atoms with E-state index in [0.717, 1.165) is 37.0 Å². The van der Waals surface area contributed by atoms with Gasteiger partial charge < -0.3 is 15.4 Å². The van der Waals surface area contributed by atoms with Gasteiger partial charge >= 0.3 is 5.97 Å². The van der Waals surface area contributed by atoms with Gasteiger partial charge in [0, 0.05) is 11.6 Å². The lowest BCUT2D eigenvalue weighted by molar-refractivity contribution is -0.134. The number of nitrogens with one attached hydrogen (secondary N) is 2. The molecule has 4 fully saturated rings. The van der Waals surface area contributed by atoms with Crippen molar-refractivity contribution >= 4 is 23.8 Å². The van der Waals surface area contributed by atoms with Crippen LogP contribution in [0.3, 0.4) is 0 Å². The average Bonchev–Trinajstić information content (AvgIpc) is 2.65. The largest absolute Gasteiger partial charge is 0.466 e. The van der Waals surface area contributed by atoms with Crippen LogP contribution < -0.4 is 10.6 Å². The lowest BCUT2D eigenvalue weighted by Gasteiger charge is -2.57. The summed E-state index contributed by atoms with van der Waals surface area (Å²) in [6.07, 6.45) is 13.4. The monoisotopic (exact) mass is 384 g/mol. The summed E-state index contributed by atoms with van der Waals surface area (Å²) in [5.74, 6) is 2.50. The van der Waals surface area contributed by atoms with Crippen LogP contribution in [0.2, 0.25) is 0 Å². The normalized spacial score (nSPS) is 31.6. The topological polar surface area (TPSA) is 93.2 Å². The predicted molar refractivity (Wildman–Crippen MR) is 105 cm³/mol. The van der Waals surface area contributed by atoms with E-state index < -0.39 is 12.0 Å². The van der Waals surface area contributed by atoms with Crippen molar-refractivity contribution in [3.63, 3.8) is 0 Å². The van der Waals surface area contributed by atoms with Gasteiger partial charge in [-0.25, -0.2) is 9.78 Å². The van der Waals surface area contributed by atoms with Crippen molar-refractivity contribution in [2.45, 2.75) is 57.0 Å². The van der Waals surface area contributed by atoms with Crippen LogP contribution in [0.5, 0.6) is 0 Å². The van der Waals surface area contributed by atoms with Gasteiger partial charge in [0.2, 0.25) is 5.91 Å². The highest BCUT2D eigenvalue weighted by Gasteiger charge is 2.51. The number of amides is 1. The Morgan fingerprint density at radius 2 is 1.79 bits per heavy atom. The fourth-order valence-corrected chi connectivity index (χ4v) is 5.64. The first kappa shape index (κ1) is 18.9. The number of rotatable bonds is 6. The van der Waals surface area contributed by atoms with Gasteiger partial charge in [0.05, 0.1) is 25.2 Å². The average molecular weight is 384 g/mol. The molecular formula is C21H28N4O3. The molecule has 1 aromatic rings. The van der Waals surface area contributed by atoms with Crippen LogP contribution in [-0.4, -0.2) is 40.5 Å². The van der Waals surface area contributed by atoms with Crippen molar-refractivity contribution in [3.05, 3.63) is 24.2 Å². The maximum absolute atomic E-state index is 12.8. The number of carbonyl (C=O) groups is 2. The van der Waals surface area contributed by atoms with Gasteiger partial charge in [0.15, 0.2) is 0 Å². The van der Waals surface area contributed by atoms with E-state index in [1.54, 1.807) is 12.4 Å². The Kier molecular flexibility index (Phi) is 5.08. The second kappa shape index (κ2) is 7.53. The number of nitrogens with zero attached hydrogens (tertiary/aromatic N) is 2. The number of aromatic nitrogens is 2. The molecule has 0 aliphatic heterocycles. The zero-order valence-electron chi connectivity index (χ0n) is 16.5. The van der Waals surface area contributed by atoms with Gasteiger partial charge in [-0.1, -0.05) is 0 Å². The Morgan fingerprint density at radius 3 is 2.32 bits per heavy atom. The molecule has 0 spiro atoms. The van der Waals surface area contributed by atoms with E-state index in [1.165, 1.54) is 38.5 Å². The maximum atomic E-state index is 12.8. The van der Waals surface area contributed by atoms with E-state index in [2.05, 4.69) is 25.3 Å². The van der Waals surface area contributed by atoms with Crippen molar-refractivity contribution in [1.82, 2.24) is 15.3 Å². The summed E-state index contributed by atoms with van der Waals surface area (Å²) in [4.78, 5) is 32.4. The summed E-state index contributed by atoms with van der Waals surface area (Å²) < 4.78 is 4.54. The van der Waals surface area contributed by atoms with Crippen molar-refractivity contribution < 1.29 is 14.3 Å². The van der Waals surface area contributed by atoms with Crippen molar-refractivity contribution in [1.29, 1.82) is 0 Å². The summed E-state index contributed by atoms with van der Waals surface area (Å²) in [7, 11) is 1.32. The summed E-state index contributed by atoms with van der Waals surface area (Å²) in [5, 5.41) is 6.51. The molecule has 0 saturated heterocycles. The second-order valence-electron chi connectivity index (χ2n) is 8.74. The third-order valence-electron chi connectivity index (χ3n) is 6.45. The number of hydrogen-bond donors (Lipinski definition) is 2. The first-order valence-corrected chi connectivity index (χ1v) is 10.1. The summed E-state index contributed by atoms with van der Waals surface area (Å²) in [5.41, 5.74) is 0.553. The smallest absolute Gasteiger partial charge is 0.330 e. The van der Waals surface area contributed by atoms with E-state index in [0.29, 0.717) is 11.5 Å². The predicted octanol–water partition coefficient (Wildman–Crippen LogP) is 2.55. The number of carbonyl (C=O) groups excluding carboxylic acids is 2. The summed E-state index contributed by atoms with van der Waals surface area (Å²) in [6, 6.07) is -0.390. The van der Waals surface area contributed by atoms with E-state index in [9.17, 15) is 9.59 Å². The fraction of sp³-hybridized carbons (Fsp3) is 0.619. The SMILES string of the molecule is COC(=O)C=Cc1cnc(N[C@H](C)C(=O)NC23CC4CC(CC(C4)C2)C3)cn1. The number of hydrogen-bond acceptors (Lipinski definition) is 6. The Bertz CT molecular complexity index is 739. The number of esters is 1. The fourth-order valence-electron chi connectivity index (χ4n) is 5.64. The first-order valence-electron chi connectivity index (χ1n) is 10.1. The van der Waals surface area contributed by atoms with Crippen LogP contribution in [0.15, 0.2) is 18.5 Å². The molecule has 4 aliphatic rings. The maximum Gasteiger partial charge on any atom is 0.330 e. The molecule has 7 heteroatoms. The standard InChI is InChI=1S/C21H28N4O3/c1-13(24-18-12-22-17(11-23-18)3-4-19(26)28-2)20(27)25-21-8-14-5-15(9-21)7-16(6-14)10-21/h3-4,11-16H,5-10H2,1-2H3,(H,23,24)(H,25,27)/t13-,14?,15?,16?,21?/m1/s1. The quantitative estimate of drug-likeness (QED) is 0.578. The van der Waals surface area contributed by atoms with E-state index in [-0.39, 0.29) is 11.4 Å². The Hall–Kier alpha value is -2.44. The van der Waals surface area contributed by atoms with E-state index >= 15 is 0 Å². The molecule has 28 heavy (non-hydrogen) atoms. The third-order valence-corrected chi connectivity index (χ3v) is 6.45. The molecule has 150 valence electrons. The van der Waals surface area contributed by atoms with Crippen LogP contribution in [-0.2, 0) is 14.3 Å². The van der Waals surface area contributed by atoms with E-state index in [1.807, 2.05) is 6.92 Å².